The summed E-state index contributed by atoms with van der Waals surface area (Å²) >= 11 is 0. The summed E-state index contributed by atoms with van der Waals surface area (Å²) in [7, 11) is -3.45. The molecule has 6 heteroatoms. The molecule has 21 heavy (non-hydrogen) atoms. The monoisotopic (exact) mass is 311 g/mol. The van der Waals surface area contributed by atoms with Gasteiger partial charge in [0, 0.05) is 12.6 Å². The number of rotatable bonds is 5. The van der Waals surface area contributed by atoms with Gasteiger partial charge in [-0.1, -0.05) is 19.1 Å². The maximum absolute atomic E-state index is 11.8. The number of ether oxygens (including phenoxy) is 1. The zero-order chi connectivity index (χ0) is 16.1. The van der Waals surface area contributed by atoms with Gasteiger partial charge in [-0.3, -0.25) is 0 Å². The molecule has 1 N–H and O–H groups in total. The van der Waals surface area contributed by atoms with Crippen molar-refractivity contribution in [3.8, 4) is 0 Å². The quantitative estimate of drug-likeness (QED) is 0.669. The van der Waals surface area contributed by atoms with Gasteiger partial charge in [-0.15, -0.1) is 0 Å². The standard InChI is InChI=1S/C15H21NO4S/c1-5-16-21(18,19)13-9-6-12(7-10-13)8-11-14(17)20-15(2,3)4/h6-11,16H,5H2,1-4H3/b11-8+. The Labute approximate surface area is 126 Å². The summed E-state index contributed by atoms with van der Waals surface area (Å²) in [5, 5.41) is 0. The van der Waals surface area contributed by atoms with Gasteiger partial charge in [-0.2, -0.15) is 0 Å². The molecular formula is C15H21NO4S. The lowest BCUT2D eigenvalue weighted by Crippen LogP contribution is -2.23. The Morgan fingerprint density at radius 2 is 1.81 bits per heavy atom. The zero-order valence-electron chi connectivity index (χ0n) is 12.7. The number of carbonyl (C=O) groups is 1. The van der Waals surface area contributed by atoms with Gasteiger partial charge in [0.05, 0.1) is 4.90 Å². The lowest BCUT2D eigenvalue weighted by Gasteiger charge is -2.17. The van der Waals surface area contributed by atoms with Crippen LogP contribution in [-0.4, -0.2) is 26.5 Å². The first-order chi connectivity index (χ1) is 9.64. The molecule has 0 atom stereocenters. The predicted molar refractivity (Wildman–Crippen MR) is 82.2 cm³/mol. The van der Waals surface area contributed by atoms with Crippen molar-refractivity contribution in [3.63, 3.8) is 0 Å². The van der Waals surface area contributed by atoms with Gasteiger partial charge in [-0.05, 0) is 44.5 Å². The van der Waals surface area contributed by atoms with Crippen LogP contribution in [0.1, 0.15) is 33.3 Å². The van der Waals surface area contributed by atoms with E-state index >= 15 is 0 Å². The number of hydrogen-bond acceptors (Lipinski definition) is 4. The Balaban J connectivity index is 2.78. The van der Waals surface area contributed by atoms with Crippen molar-refractivity contribution in [1.82, 2.24) is 4.72 Å². The second kappa shape index (κ2) is 6.87. The van der Waals surface area contributed by atoms with E-state index in [1.807, 2.05) is 0 Å². The summed E-state index contributed by atoms with van der Waals surface area (Å²) in [6.45, 7) is 7.43. The van der Waals surface area contributed by atoms with Crippen molar-refractivity contribution in [2.24, 2.45) is 0 Å². The molecule has 0 heterocycles. The molecular weight excluding hydrogens is 290 g/mol. The average molecular weight is 311 g/mol. The van der Waals surface area contributed by atoms with Crippen molar-refractivity contribution in [2.45, 2.75) is 38.2 Å². The fourth-order valence-corrected chi connectivity index (χ4v) is 2.57. The van der Waals surface area contributed by atoms with Gasteiger partial charge in [0.15, 0.2) is 0 Å². The van der Waals surface area contributed by atoms with Crippen LogP contribution in [-0.2, 0) is 19.6 Å². The molecule has 1 aromatic carbocycles. The average Bonchev–Trinajstić information content (AvgIpc) is 2.35. The molecule has 0 aliphatic carbocycles. The van der Waals surface area contributed by atoms with Crippen LogP contribution in [0.5, 0.6) is 0 Å². The molecule has 0 saturated carbocycles. The first-order valence-electron chi connectivity index (χ1n) is 6.65. The molecule has 116 valence electrons. The summed E-state index contributed by atoms with van der Waals surface area (Å²) < 4.78 is 31.1. The molecule has 0 amide bonds. The first kappa shape index (κ1) is 17.4. The smallest absolute Gasteiger partial charge is 0.331 e. The van der Waals surface area contributed by atoms with E-state index in [0.717, 1.165) is 5.56 Å². The normalized spacial score (nSPS) is 12.6. The highest BCUT2D eigenvalue weighted by Crippen LogP contribution is 2.12. The lowest BCUT2D eigenvalue weighted by molar-refractivity contribution is -0.148. The van der Waals surface area contributed by atoms with Crippen LogP contribution < -0.4 is 4.72 Å². The molecule has 0 spiro atoms. The molecule has 0 saturated heterocycles. The minimum atomic E-state index is -3.45. The molecule has 0 unspecified atom stereocenters. The van der Waals surface area contributed by atoms with E-state index in [4.69, 9.17) is 4.74 Å². The number of esters is 1. The van der Waals surface area contributed by atoms with Crippen LogP contribution >= 0.6 is 0 Å². The summed E-state index contributed by atoms with van der Waals surface area (Å²) in [5.41, 5.74) is 0.182. The van der Waals surface area contributed by atoms with Crippen LogP contribution in [0.3, 0.4) is 0 Å². The van der Waals surface area contributed by atoms with Gasteiger partial charge < -0.3 is 4.74 Å². The molecule has 0 aromatic heterocycles. The Bertz CT molecular complexity index is 610. The number of hydrogen-bond donors (Lipinski definition) is 1. The lowest BCUT2D eigenvalue weighted by atomic mass is 10.2. The predicted octanol–water partition coefficient (Wildman–Crippen LogP) is 2.34. The molecule has 0 radical (unpaired) electrons. The van der Waals surface area contributed by atoms with Gasteiger partial charge >= 0.3 is 5.97 Å². The third-order valence-corrected chi connectivity index (χ3v) is 3.90. The van der Waals surface area contributed by atoms with Crippen LogP contribution in [0, 0.1) is 0 Å². The van der Waals surface area contributed by atoms with E-state index < -0.39 is 21.6 Å². The first-order valence-corrected chi connectivity index (χ1v) is 8.13. The highest BCUT2D eigenvalue weighted by Gasteiger charge is 2.14. The third kappa shape index (κ3) is 6.10. The van der Waals surface area contributed by atoms with Gasteiger partial charge in [0.1, 0.15) is 5.60 Å². The summed E-state index contributed by atoms with van der Waals surface area (Å²) in [6, 6.07) is 6.25. The van der Waals surface area contributed by atoms with E-state index in [-0.39, 0.29) is 4.90 Å². The molecule has 0 aliphatic heterocycles. The van der Waals surface area contributed by atoms with Crippen LogP contribution in [0.2, 0.25) is 0 Å². The number of nitrogens with one attached hydrogen (secondary N) is 1. The second-order valence-corrected chi connectivity index (χ2v) is 7.20. The Morgan fingerprint density at radius 3 is 2.29 bits per heavy atom. The topological polar surface area (TPSA) is 72.5 Å². The molecule has 1 rings (SSSR count). The van der Waals surface area contributed by atoms with E-state index in [9.17, 15) is 13.2 Å². The largest absolute Gasteiger partial charge is 0.457 e. The van der Waals surface area contributed by atoms with E-state index in [0.29, 0.717) is 6.54 Å². The van der Waals surface area contributed by atoms with Crippen molar-refractivity contribution in [3.05, 3.63) is 35.9 Å². The fraction of sp³-hybridized carbons (Fsp3) is 0.400. The van der Waals surface area contributed by atoms with Crippen LogP contribution in [0.15, 0.2) is 35.2 Å². The number of benzene rings is 1. The SMILES string of the molecule is CCNS(=O)(=O)c1ccc(/C=C/C(=O)OC(C)(C)C)cc1. The summed E-state index contributed by atoms with van der Waals surface area (Å²) in [4.78, 5) is 11.7. The minimum absolute atomic E-state index is 0.193. The van der Waals surface area contributed by atoms with Crippen molar-refractivity contribution in [2.75, 3.05) is 6.54 Å². The highest BCUT2D eigenvalue weighted by molar-refractivity contribution is 7.89. The molecule has 1 aromatic rings. The third-order valence-electron chi connectivity index (χ3n) is 2.34. The van der Waals surface area contributed by atoms with E-state index in [1.165, 1.54) is 18.2 Å². The Kier molecular flexibility index (Phi) is 5.69. The maximum atomic E-state index is 11.8. The molecule has 0 aliphatic rings. The minimum Gasteiger partial charge on any atom is -0.457 e. The zero-order valence-corrected chi connectivity index (χ0v) is 13.5. The molecule has 0 fully saturated rings. The summed E-state index contributed by atoms with van der Waals surface area (Å²) in [6.07, 6.45) is 2.90. The van der Waals surface area contributed by atoms with E-state index in [2.05, 4.69) is 4.72 Å². The highest BCUT2D eigenvalue weighted by atomic mass is 32.2. The molecule has 0 bridgehead atoms. The Hall–Kier alpha value is -1.66. The van der Waals surface area contributed by atoms with Gasteiger partial charge in [0.25, 0.3) is 0 Å². The van der Waals surface area contributed by atoms with Crippen molar-refractivity contribution >= 4 is 22.1 Å². The van der Waals surface area contributed by atoms with Crippen LogP contribution in [0.25, 0.3) is 6.08 Å². The number of sulfonamides is 1. The fourth-order valence-electron chi connectivity index (χ4n) is 1.53. The van der Waals surface area contributed by atoms with Crippen molar-refractivity contribution in [1.29, 1.82) is 0 Å². The Morgan fingerprint density at radius 1 is 1.24 bits per heavy atom. The summed E-state index contributed by atoms with van der Waals surface area (Å²) in [5.74, 6) is -0.438. The van der Waals surface area contributed by atoms with Crippen LogP contribution in [0.4, 0.5) is 0 Å². The molecule has 5 nitrogen and oxygen atoms in total. The number of carbonyl (C=O) groups excluding carboxylic acids is 1. The van der Waals surface area contributed by atoms with E-state index in [1.54, 1.807) is 45.9 Å². The van der Waals surface area contributed by atoms with Gasteiger partial charge in [0.2, 0.25) is 10.0 Å². The second-order valence-electron chi connectivity index (χ2n) is 5.44. The van der Waals surface area contributed by atoms with Crippen molar-refractivity contribution < 1.29 is 17.9 Å². The van der Waals surface area contributed by atoms with Gasteiger partial charge in [-0.25, -0.2) is 17.9 Å². The maximum Gasteiger partial charge on any atom is 0.331 e.